The monoisotopic (exact) mass is 315 g/mol. The number of phenolic OH excluding ortho intramolecular Hbond substituents is 1. The molecule has 1 aliphatic carbocycles. The zero-order valence-corrected chi connectivity index (χ0v) is 10.9. The number of hydrogen-bond acceptors (Lipinski definition) is 2. The summed E-state index contributed by atoms with van der Waals surface area (Å²) in [4.78, 5) is 4.36. The van der Waals surface area contributed by atoms with Crippen LogP contribution in [0.25, 0.3) is 0 Å². The van der Waals surface area contributed by atoms with Gasteiger partial charge < -0.3 is 5.11 Å². The zero-order valence-electron chi connectivity index (χ0n) is 8.70. The Morgan fingerprint density at radius 3 is 2.93 bits per heavy atom. The minimum Gasteiger partial charge on any atom is -0.506 e. The fraction of sp³-hybridized carbons (Fsp3) is 0.417. The van der Waals surface area contributed by atoms with Crippen LogP contribution in [0.4, 0.5) is 0 Å². The molecular formula is C12H14INO. The van der Waals surface area contributed by atoms with Gasteiger partial charge in [-0.2, -0.15) is 0 Å². The number of rotatable bonds is 3. The zero-order chi connectivity index (χ0) is 10.8. The van der Waals surface area contributed by atoms with Gasteiger partial charge in [-0.3, -0.25) is 4.99 Å². The summed E-state index contributed by atoms with van der Waals surface area (Å²) in [6.07, 6.45) is 4.42. The number of aliphatic imine (C=N–C) groups is 1. The Bertz CT molecular complexity index is 397. The van der Waals surface area contributed by atoms with E-state index in [1.807, 2.05) is 19.1 Å². The number of aromatic hydroxyl groups is 1. The molecule has 0 bridgehead atoms. The number of phenols is 1. The number of halogens is 1. The van der Waals surface area contributed by atoms with Crippen molar-refractivity contribution in [2.45, 2.75) is 19.8 Å². The molecule has 1 saturated carbocycles. The number of aryl methyl sites for hydroxylation is 1. The molecular weight excluding hydrogens is 301 g/mol. The van der Waals surface area contributed by atoms with Crippen molar-refractivity contribution >= 4 is 28.8 Å². The fourth-order valence-electron chi connectivity index (χ4n) is 1.46. The van der Waals surface area contributed by atoms with Crippen molar-refractivity contribution in [3.8, 4) is 5.75 Å². The van der Waals surface area contributed by atoms with Crippen molar-refractivity contribution in [3.05, 3.63) is 26.8 Å². The van der Waals surface area contributed by atoms with Gasteiger partial charge in [-0.05, 0) is 66.0 Å². The molecule has 1 aliphatic rings. The van der Waals surface area contributed by atoms with Crippen molar-refractivity contribution in [1.29, 1.82) is 0 Å². The Labute approximate surface area is 104 Å². The largest absolute Gasteiger partial charge is 0.506 e. The lowest BCUT2D eigenvalue weighted by Gasteiger charge is -2.03. The third kappa shape index (κ3) is 2.93. The average molecular weight is 315 g/mol. The van der Waals surface area contributed by atoms with E-state index in [0.717, 1.165) is 27.2 Å². The predicted molar refractivity (Wildman–Crippen MR) is 70.7 cm³/mol. The normalized spacial score (nSPS) is 16.1. The first-order chi connectivity index (χ1) is 7.16. The van der Waals surface area contributed by atoms with Crippen molar-refractivity contribution in [2.24, 2.45) is 10.9 Å². The molecule has 2 nitrogen and oxygen atoms in total. The van der Waals surface area contributed by atoms with Crippen LogP contribution in [0, 0.1) is 16.4 Å². The Morgan fingerprint density at radius 2 is 2.27 bits per heavy atom. The van der Waals surface area contributed by atoms with Crippen LogP contribution in [-0.2, 0) is 0 Å². The third-order valence-corrected chi connectivity index (χ3v) is 3.35. The summed E-state index contributed by atoms with van der Waals surface area (Å²) >= 11 is 2.14. The van der Waals surface area contributed by atoms with Crippen molar-refractivity contribution in [1.82, 2.24) is 0 Å². The second kappa shape index (κ2) is 4.51. The highest BCUT2D eigenvalue weighted by molar-refractivity contribution is 14.1. The van der Waals surface area contributed by atoms with Crippen LogP contribution in [-0.4, -0.2) is 17.9 Å². The second-order valence-electron chi connectivity index (χ2n) is 4.12. The van der Waals surface area contributed by atoms with E-state index in [2.05, 4.69) is 27.6 Å². The van der Waals surface area contributed by atoms with Gasteiger partial charge in [0, 0.05) is 18.3 Å². The average Bonchev–Trinajstić information content (AvgIpc) is 2.97. The summed E-state index contributed by atoms with van der Waals surface area (Å²) in [5.41, 5.74) is 1.99. The molecule has 1 aromatic rings. The predicted octanol–water partition coefficient (Wildman–Crippen LogP) is 3.13. The minimum atomic E-state index is 0.348. The standard InChI is InChI=1S/C12H14INO/c1-8-4-10(12(15)11(13)5-8)7-14-6-9-2-3-9/h4-5,7,9,15H,2-3,6H2,1H3/b14-7+. The lowest BCUT2D eigenvalue weighted by molar-refractivity contribution is 0.470. The van der Waals surface area contributed by atoms with E-state index in [0.29, 0.717) is 5.75 Å². The molecule has 0 saturated heterocycles. The smallest absolute Gasteiger partial charge is 0.137 e. The first-order valence-electron chi connectivity index (χ1n) is 5.16. The fourth-order valence-corrected chi connectivity index (χ4v) is 2.26. The topological polar surface area (TPSA) is 32.6 Å². The molecule has 1 aromatic carbocycles. The SMILES string of the molecule is Cc1cc(I)c(O)c(/C=N/CC2CC2)c1. The van der Waals surface area contributed by atoms with Crippen LogP contribution >= 0.6 is 22.6 Å². The maximum atomic E-state index is 9.80. The van der Waals surface area contributed by atoms with Crippen molar-refractivity contribution in [3.63, 3.8) is 0 Å². The summed E-state index contributed by atoms with van der Waals surface area (Å²) in [5, 5.41) is 9.80. The molecule has 0 aliphatic heterocycles. The molecule has 0 atom stereocenters. The molecule has 0 spiro atoms. The van der Waals surface area contributed by atoms with Gasteiger partial charge in [0.15, 0.2) is 0 Å². The highest BCUT2D eigenvalue weighted by Crippen LogP contribution is 2.29. The minimum absolute atomic E-state index is 0.348. The Hall–Kier alpha value is -0.580. The highest BCUT2D eigenvalue weighted by Gasteiger charge is 2.19. The van der Waals surface area contributed by atoms with Gasteiger partial charge in [0.25, 0.3) is 0 Å². The van der Waals surface area contributed by atoms with Crippen LogP contribution < -0.4 is 0 Å². The molecule has 1 fully saturated rings. The first kappa shape index (κ1) is 10.9. The molecule has 0 unspecified atom stereocenters. The molecule has 0 heterocycles. The second-order valence-corrected chi connectivity index (χ2v) is 5.28. The maximum Gasteiger partial charge on any atom is 0.137 e. The van der Waals surface area contributed by atoms with E-state index in [4.69, 9.17) is 0 Å². The quantitative estimate of drug-likeness (QED) is 0.674. The molecule has 1 N–H and O–H groups in total. The molecule has 0 amide bonds. The van der Waals surface area contributed by atoms with Crippen molar-refractivity contribution < 1.29 is 5.11 Å². The van der Waals surface area contributed by atoms with Gasteiger partial charge in [-0.15, -0.1) is 0 Å². The Kier molecular flexibility index (Phi) is 3.29. The number of benzene rings is 1. The van der Waals surface area contributed by atoms with E-state index >= 15 is 0 Å². The van der Waals surface area contributed by atoms with Crippen LogP contribution in [0.1, 0.15) is 24.0 Å². The van der Waals surface area contributed by atoms with Gasteiger partial charge in [-0.1, -0.05) is 0 Å². The van der Waals surface area contributed by atoms with E-state index < -0.39 is 0 Å². The highest BCUT2D eigenvalue weighted by atomic mass is 127. The van der Waals surface area contributed by atoms with Crippen LogP contribution in [0.5, 0.6) is 5.75 Å². The van der Waals surface area contributed by atoms with E-state index in [1.165, 1.54) is 12.8 Å². The van der Waals surface area contributed by atoms with E-state index in [1.54, 1.807) is 6.21 Å². The van der Waals surface area contributed by atoms with Gasteiger partial charge in [0.05, 0.1) is 3.57 Å². The van der Waals surface area contributed by atoms with Gasteiger partial charge >= 0.3 is 0 Å². The van der Waals surface area contributed by atoms with E-state index in [-0.39, 0.29) is 0 Å². The molecule has 80 valence electrons. The lowest BCUT2D eigenvalue weighted by atomic mass is 10.1. The summed E-state index contributed by atoms with van der Waals surface area (Å²) in [6.45, 7) is 2.93. The number of nitrogens with zero attached hydrogens (tertiary/aromatic N) is 1. The van der Waals surface area contributed by atoms with Crippen molar-refractivity contribution in [2.75, 3.05) is 6.54 Å². The lowest BCUT2D eigenvalue weighted by Crippen LogP contribution is -1.90. The van der Waals surface area contributed by atoms with Crippen LogP contribution in [0.15, 0.2) is 17.1 Å². The van der Waals surface area contributed by atoms with Gasteiger partial charge in [0.1, 0.15) is 5.75 Å². The maximum absolute atomic E-state index is 9.80. The summed E-state index contributed by atoms with van der Waals surface area (Å²) in [7, 11) is 0. The Morgan fingerprint density at radius 1 is 1.53 bits per heavy atom. The summed E-state index contributed by atoms with van der Waals surface area (Å²) in [6, 6.07) is 3.93. The molecule has 2 rings (SSSR count). The van der Waals surface area contributed by atoms with Gasteiger partial charge in [0.2, 0.25) is 0 Å². The van der Waals surface area contributed by atoms with Crippen LogP contribution in [0.3, 0.4) is 0 Å². The van der Waals surface area contributed by atoms with Gasteiger partial charge in [-0.25, -0.2) is 0 Å². The Balaban J connectivity index is 2.14. The summed E-state index contributed by atoms with van der Waals surface area (Å²) < 4.78 is 0.889. The molecule has 0 radical (unpaired) electrons. The molecule has 3 heteroatoms. The first-order valence-corrected chi connectivity index (χ1v) is 6.23. The van der Waals surface area contributed by atoms with E-state index in [9.17, 15) is 5.11 Å². The van der Waals surface area contributed by atoms with Crippen LogP contribution in [0.2, 0.25) is 0 Å². The third-order valence-electron chi connectivity index (χ3n) is 2.53. The molecule has 15 heavy (non-hydrogen) atoms. The molecule has 0 aromatic heterocycles. The summed E-state index contributed by atoms with van der Waals surface area (Å²) in [5.74, 6) is 1.15. The number of hydrogen-bond donors (Lipinski definition) is 1.